The number of amides is 4. The largest absolute Gasteiger partial charge is 0.504 e. The molecule has 0 saturated carbocycles. The standard InChI is InChI=1S/C25H32N6O6/c1-15(2)12-19(21(32)14-27-26)29-24(35)20-8-5-11-30-22(33)10-9-18(25(36)31(20)30)28-23(34)16-6-4-7-17(13-16)37-3/h4,6-7,13-15,18-20H,5,8-12H2,1-3H3,(H2-,28,29,32,34,35)/p+1/b21-14-/t18-,19-,20-/m0/s1. The van der Waals surface area contributed by atoms with Crippen molar-refractivity contribution in [1.82, 2.24) is 20.7 Å². The van der Waals surface area contributed by atoms with Crippen LogP contribution in [0.15, 0.2) is 36.2 Å². The molecular formula is C25H33N6O6+. The highest BCUT2D eigenvalue weighted by atomic mass is 16.5. The van der Waals surface area contributed by atoms with E-state index in [1.165, 1.54) is 12.1 Å². The molecule has 2 aliphatic rings. The minimum absolute atomic E-state index is 0.0249. The molecule has 12 nitrogen and oxygen atoms in total. The molecule has 3 rings (SSSR count). The Morgan fingerprint density at radius 3 is 2.73 bits per heavy atom. The summed E-state index contributed by atoms with van der Waals surface area (Å²) in [5, 5.41) is 26.9. The zero-order valence-electron chi connectivity index (χ0n) is 21.2. The number of carbonyl (C=O) groups is 4. The van der Waals surface area contributed by atoms with Crippen molar-refractivity contribution in [2.45, 2.75) is 64.1 Å². The van der Waals surface area contributed by atoms with Crippen LogP contribution in [0.3, 0.4) is 0 Å². The van der Waals surface area contributed by atoms with Crippen molar-refractivity contribution in [2.75, 3.05) is 13.7 Å². The summed E-state index contributed by atoms with van der Waals surface area (Å²) in [4.78, 5) is 55.6. The Balaban J connectivity index is 1.84. The van der Waals surface area contributed by atoms with Gasteiger partial charge in [-0.25, -0.2) is 5.01 Å². The summed E-state index contributed by atoms with van der Waals surface area (Å²) in [6, 6.07) is 3.58. The first-order valence-corrected chi connectivity index (χ1v) is 12.3. The normalized spacial score (nSPS) is 21.0. The van der Waals surface area contributed by atoms with Crippen LogP contribution >= 0.6 is 0 Å². The Kier molecular flexibility index (Phi) is 9.05. The van der Waals surface area contributed by atoms with Crippen LogP contribution in [-0.4, -0.2) is 70.5 Å². The van der Waals surface area contributed by atoms with E-state index in [1.807, 2.05) is 13.8 Å². The molecule has 3 atom stereocenters. The van der Waals surface area contributed by atoms with Crippen LogP contribution in [0.25, 0.3) is 4.98 Å². The maximum absolute atomic E-state index is 13.6. The molecule has 0 bridgehead atoms. The Morgan fingerprint density at radius 1 is 1.30 bits per heavy atom. The maximum atomic E-state index is 13.6. The highest BCUT2D eigenvalue weighted by molar-refractivity contribution is 6.00. The first kappa shape index (κ1) is 27.4. The third-order valence-electron chi connectivity index (χ3n) is 6.37. The molecule has 4 amide bonds. The van der Waals surface area contributed by atoms with E-state index in [0.717, 1.165) is 11.2 Å². The van der Waals surface area contributed by atoms with E-state index in [0.29, 0.717) is 30.6 Å². The average Bonchev–Trinajstić information content (AvgIpc) is 3.00. The molecule has 2 fully saturated rings. The average molecular weight is 514 g/mol. The number of diazo groups is 1. The number of benzene rings is 1. The van der Waals surface area contributed by atoms with Crippen molar-refractivity contribution >= 4 is 23.6 Å². The third-order valence-corrected chi connectivity index (χ3v) is 6.37. The topological polar surface area (TPSA) is 156 Å². The molecule has 1 aromatic carbocycles. The van der Waals surface area contributed by atoms with Crippen LogP contribution in [0.2, 0.25) is 0 Å². The molecule has 3 N–H and O–H groups in total. The summed E-state index contributed by atoms with van der Waals surface area (Å²) < 4.78 is 5.16. The first-order chi connectivity index (χ1) is 17.7. The highest BCUT2D eigenvalue weighted by Gasteiger charge is 2.45. The Labute approximate surface area is 215 Å². The van der Waals surface area contributed by atoms with Crippen LogP contribution < -0.4 is 15.4 Å². The molecule has 0 spiro atoms. The van der Waals surface area contributed by atoms with Gasteiger partial charge in [0.05, 0.1) is 13.2 Å². The van der Waals surface area contributed by atoms with Crippen LogP contribution in [0.4, 0.5) is 0 Å². The zero-order valence-corrected chi connectivity index (χ0v) is 21.2. The van der Waals surface area contributed by atoms with Crippen molar-refractivity contribution in [2.24, 2.45) is 5.92 Å². The lowest BCUT2D eigenvalue weighted by atomic mass is 10.0. The molecule has 12 heteroatoms. The lowest BCUT2D eigenvalue weighted by Crippen LogP contribution is -2.64. The number of hydrazine groups is 1. The summed E-state index contributed by atoms with van der Waals surface area (Å²) in [5.41, 5.74) is 0.292. The van der Waals surface area contributed by atoms with Gasteiger partial charge in [-0.2, -0.15) is 0 Å². The summed E-state index contributed by atoms with van der Waals surface area (Å²) in [6.45, 7) is 4.07. The van der Waals surface area contributed by atoms with Crippen LogP contribution in [0, 0.1) is 11.3 Å². The molecule has 2 saturated heterocycles. The third kappa shape index (κ3) is 6.55. The van der Waals surface area contributed by atoms with Gasteiger partial charge in [0.1, 0.15) is 17.8 Å². The van der Waals surface area contributed by atoms with Crippen molar-refractivity contribution in [1.29, 1.82) is 5.39 Å². The number of fused-ring (bicyclic) bond motifs is 1. The number of hydrogen-bond acceptors (Lipinski definition) is 7. The number of aliphatic hydroxyl groups excluding tert-OH is 1. The second-order valence-electron chi connectivity index (χ2n) is 9.51. The lowest BCUT2D eigenvalue weighted by molar-refractivity contribution is -0.176. The molecule has 1 aromatic rings. The van der Waals surface area contributed by atoms with Crippen LogP contribution in [0.5, 0.6) is 5.75 Å². The molecule has 0 radical (unpaired) electrons. The second-order valence-corrected chi connectivity index (χ2v) is 9.51. The molecule has 0 aromatic heterocycles. The highest BCUT2D eigenvalue weighted by Crippen LogP contribution is 2.26. The van der Waals surface area contributed by atoms with Gasteiger partial charge in [0.2, 0.25) is 23.0 Å². The van der Waals surface area contributed by atoms with Crippen LogP contribution in [-0.2, 0) is 14.4 Å². The molecule has 0 unspecified atom stereocenters. The van der Waals surface area contributed by atoms with Crippen molar-refractivity contribution < 1.29 is 29.0 Å². The SMILES string of the molecule is COc1cccc(C(=O)N[C@H]2CCC(=O)N3CCC[C@@H](C(=O)N[C@@H](CC(C)C)/C(O)=C/[N+]#N)N3C2=O)c1. The second kappa shape index (κ2) is 12.2. The van der Waals surface area contributed by atoms with Gasteiger partial charge in [0.15, 0.2) is 4.98 Å². The molecule has 198 valence electrons. The predicted octanol–water partition coefficient (Wildman–Crippen LogP) is 2.11. The molecule has 2 aliphatic heterocycles. The minimum atomic E-state index is -1.02. The number of nitrogens with zero attached hydrogens (tertiary/aromatic N) is 4. The van der Waals surface area contributed by atoms with Gasteiger partial charge in [-0.15, -0.1) is 0 Å². The van der Waals surface area contributed by atoms with Crippen molar-refractivity contribution in [3.05, 3.63) is 46.8 Å². The first-order valence-electron chi connectivity index (χ1n) is 12.3. The van der Waals surface area contributed by atoms with E-state index in [4.69, 9.17) is 10.1 Å². The fraction of sp³-hybridized carbons (Fsp3) is 0.520. The van der Waals surface area contributed by atoms with Gasteiger partial charge in [-0.1, -0.05) is 19.9 Å². The van der Waals surface area contributed by atoms with E-state index >= 15 is 0 Å². The number of ether oxygens (including phenoxy) is 1. The van der Waals surface area contributed by atoms with Gasteiger partial charge < -0.3 is 20.5 Å². The van der Waals surface area contributed by atoms with E-state index in [-0.39, 0.29) is 37.0 Å². The number of hydrogen-bond donors (Lipinski definition) is 3. The summed E-state index contributed by atoms with van der Waals surface area (Å²) in [7, 11) is 1.48. The Hall–Kier alpha value is -4.14. The Bertz CT molecular complexity index is 1110. The smallest absolute Gasteiger partial charge is 0.389 e. The number of methoxy groups -OCH3 is 1. The predicted molar refractivity (Wildman–Crippen MR) is 132 cm³/mol. The van der Waals surface area contributed by atoms with Crippen molar-refractivity contribution in [3.8, 4) is 5.75 Å². The monoisotopic (exact) mass is 513 g/mol. The zero-order chi connectivity index (χ0) is 27.1. The molecular weight excluding hydrogens is 480 g/mol. The molecule has 0 aliphatic carbocycles. The molecule has 2 heterocycles. The van der Waals surface area contributed by atoms with E-state index < -0.39 is 35.8 Å². The van der Waals surface area contributed by atoms with Gasteiger partial charge in [0.25, 0.3) is 11.8 Å². The fourth-order valence-corrected chi connectivity index (χ4v) is 4.55. The van der Waals surface area contributed by atoms with Gasteiger partial charge in [0, 0.05) is 18.5 Å². The number of aliphatic hydroxyl groups is 1. The maximum Gasteiger partial charge on any atom is 0.389 e. The quantitative estimate of drug-likeness (QED) is 0.355. The Morgan fingerprint density at radius 2 is 2.05 bits per heavy atom. The number of carbonyl (C=O) groups excluding carboxylic acids is 4. The fourth-order valence-electron chi connectivity index (χ4n) is 4.55. The van der Waals surface area contributed by atoms with Crippen LogP contribution in [0.1, 0.15) is 56.3 Å². The van der Waals surface area contributed by atoms with Gasteiger partial charge >= 0.3 is 6.20 Å². The van der Waals surface area contributed by atoms with E-state index in [9.17, 15) is 24.3 Å². The van der Waals surface area contributed by atoms with E-state index in [2.05, 4.69) is 15.6 Å². The lowest BCUT2D eigenvalue weighted by Gasteiger charge is -2.43. The van der Waals surface area contributed by atoms with Gasteiger partial charge in [-0.3, -0.25) is 24.2 Å². The molecule has 37 heavy (non-hydrogen) atoms. The summed E-state index contributed by atoms with van der Waals surface area (Å²) in [6.07, 6.45) is 2.10. The summed E-state index contributed by atoms with van der Waals surface area (Å²) >= 11 is 0. The van der Waals surface area contributed by atoms with Gasteiger partial charge in [-0.05, 0) is 49.8 Å². The minimum Gasteiger partial charge on any atom is -0.504 e. The van der Waals surface area contributed by atoms with Crippen molar-refractivity contribution in [3.63, 3.8) is 0 Å². The van der Waals surface area contributed by atoms with E-state index in [1.54, 1.807) is 24.3 Å². The summed E-state index contributed by atoms with van der Waals surface area (Å²) in [5.74, 6) is -1.71. The number of nitrogens with one attached hydrogen (secondary N) is 2. The number of rotatable bonds is 8.